The standard InChI is InChI=1S/C13H24O/c1-10-5-7-12(8-6-10)13(14)9-11-3-2-4-11/h10-14H,2-9H2,1H3. The molecular weight excluding hydrogens is 172 g/mol. The van der Waals surface area contributed by atoms with Crippen molar-refractivity contribution in [3.05, 3.63) is 0 Å². The van der Waals surface area contributed by atoms with Crippen LogP contribution in [0.2, 0.25) is 0 Å². The first-order valence-corrected chi connectivity index (χ1v) is 6.43. The van der Waals surface area contributed by atoms with Gasteiger partial charge in [0.2, 0.25) is 0 Å². The average molecular weight is 196 g/mol. The molecule has 1 N–H and O–H groups in total. The molecule has 1 atom stereocenters. The third-order valence-electron chi connectivity index (χ3n) is 4.40. The van der Waals surface area contributed by atoms with Crippen molar-refractivity contribution in [3.63, 3.8) is 0 Å². The fraction of sp³-hybridized carbons (Fsp3) is 1.00. The highest BCUT2D eigenvalue weighted by molar-refractivity contribution is 4.80. The minimum Gasteiger partial charge on any atom is -0.393 e. The van der Waals surface area contributed by atoms with E-state index in [2.05, 4.69) is 6.92 Å². The first kappa shape index (κ1) is 10.5. The summed E-state index contributed by atoms with van der Waals surface area (Å²) in [6.45, 7) is 2.34. The van der Waals surface area contributed by atoms with E-state index >= 15 is 0 Å². The van der Waals surface area contributed by atoms with Crippen LogP contribution < -0.4 is 0 Å². The zero-order valence-electron chi connectivity index (χ0n) is 9.41. The molecule has 82 valence electrons. The van der Waals surface area contributed by atoms with Crippen LogP contribution in [0.3, 0.4) is 0 Å². The van der Waals surface area contributed by atoms with Crippen LogP contribution in [-0.2, 0) is 0 Å². The van der Waals surface area contributed by atoms with Gasteiger partial charge in [-0.15, -0.1) is 0 Å². The second-order valence-electron chi connectivity index (χ2n) is 5.62. The Bertz CT molecular complexity index is 166. The maximum absolute atomic E-state index is 10.1. The van der Waals surface area contributed by atoms with Crippen molar-refractivity contribution in [2.45, 2.75) is 64.4 Å². The Labute approximate surface area is 87.9 Å². The second kappa shape index (κ2) is 4.65. The van der Waals surface area contributed by atoms with Gasteiger partial charge in [0.05, 0.1) is 6.10 Å². The monoisotopic (exact) mass is 196 g/mol. The van der Waals surface area contributed by atoms with E-state index in [4.69, 9.17) is 0 Å². The Kier molecular flexibility index (Phi) is 3.48. The molecule has 0 aliphatic heterocycles. The smallest absolute Gasteiger partial charge is 0.0571 e. The molecule has 0 aromatic rings. The average Bonchev–Trinajstić information content (AvgIpc) is 2.12. The molecule has 1 unspecified atom stereocenters. The first-order valence-electron chi connectivity index (χ1n) is 6.43. The molecule has 0 saturated heterocycles. The largest absolute Gasteiger partial charge is 0.393 e. The Morgan fingerprint density at radius 3 is 2.21 bits per heavy atom. The van der Waals surface area contributed by atoms with Gasteiger partial charge in [0.25, 0.3) is 0 Å². The van der Waals surface area contributed by atoms with Crippen molar-refractivity contribution in [2.75, 3.05) is 0 Å². The summed E-state index contributed by atoms with van der Waals surface area (Å²) in [4.78, 5) is 0. The molecule has 2 rings (SSSR count). The number of aliphatic hydroxyl groups is 1. The molecule has 2 aliphatic carbocycles. The number of hydrogen-bond acceptors (Lipinski definition) is 1. The molecular formula is C13H24O. The fourth-order valence-electron chi connectivity index (χ4n) is 2.93. The van der Waals surface area contributed by atoms with Gasteiger partial charge in [-0.1, -0.05) is 39.0 Å². The highest BCUT2D eigenvalue weighted by Gasteiger charge is 2.28. The van der Waals surface area contributed by atoms with Gasteiger partial charge < -0.3 is 5.11 Å². The van der Waals surface area contributed by atoms with E-state index < -0.39 is 0 Å². The van der Waals surface area contributed by atoms with E-state index in [0.717, 1.165) is 18.3 Å². The second-order valence-corrected chi connectivity index (χ2v) is 5.62. The Balaban J connectivity index is 1.71. The van der Waals surface area contributed by atoms with E-state index in [0.29, 0.717) is 5.92 Å². The molecule has 2 saturated carbocycles. The molecule has 1 heteroatoms. The van der Waals surface area contributed by atoms with E-state index in [9.17, 15) is 5.11 Å². The molecule has 0 bridgehead atoms. The topological polar surface area (TPSA) is 20.2 Å². The van der Waals surface area contributed by atoms with Crippen LogP contribution in [-0.4, -0.2) is 11.2 Å². The normalized spacial score (nSPS) is 36.4. The van der Waals surface area contributed by atoms with Crippen LogP contribution in [0.25, 0.3) is 0 Å². The minimum atomic E-state index is 0.0211. The van der Waals surface area contributed by atoms with E-state index in [-0.39, 0.29) is 6.10 Å². The molecule has 14 heavy (non-hydrogen) atoms. The van der Waals surface area contributed by atoms with E-state index in [1.54, 1.807) is 0 Å². The summed E-state index contributed by atoms with van der Waals surface area (Å²) in [6.07, 6.45) is 10.5. The van der Waals surface area contributed by atoms with Crippen molar-refractivity contribution in [1.29, 1.82) is 0 Å². The molecule has 0 aromatic heterocycles. The summed E-state index contributed by atoms with van der Waals surface area (Å²) in [7, 11) is 0. The van der Waals surface area contributed by atoms with Crippen LogP contribution in [0, 0.1) is 17.8 Å². The SMILES string of the molecule is CC1CCC(C(O)CC2CCC2)CC1. The Hall–Kier alpha value is -0.0400. The lowest BCUT2D eigenvalue weighted by Crippen LogP contribution is -2.29. The van der Waals surface area contributed by atoms with Gasteiger partial charge in [-0.3, -0.25) is 0 Å². The van der Waals surface area contributed by atoms with Gasteiger partial charge in [-0.05, 0) is 37.0 Å². The van der Waals surface area contributed by atoms with Crippen molar-refractivity contribution in [3.8, 4) is 0 Å². The summed E-state index contributed by atoms with van der Waals surface area (Å²) < 4.78 is 0. The zero-order valence-corrected chi connectivity index (χ0v) is 9.41. The Morgan fingerprint density at radius 2 is 1.71 bits per heavy atom. The maximum Gasteiger partial charge on any atom is 0.0571 e. The number of hydrogen-bond donors (Lipinski definition) is 1. The summed E-state index contributed by atoms with van der Waals surface area (Å²) in [5.74, 6) is 2.40. The summed E-state index contributed by atoms with van der Waals surface area (Å²) in [5.41, 5.74) is 0. The number of rotatable bonds is 3. The lowest BCUT2D eigenvalue weighted by atomic mass is 9.74. The lowest BCUT2D eigenvalue weighted by Gasteiger charge is -2.34. The predicted octanol–water partition coefficient (Wildman–Crippen LogP) is 3.36. The summed E-state index contributed by atoms with van der Waals surface area (Å²) in [6, 6.07) is 0. The van der Waals surface area contributed by atoms with Crippen LogP contribution in [0.5, 0.6) is 0 Å². The van der Waals surface area contributed by atoms with Gasteiger partial charge in [0, 0.05) is 0 Å². The minimum absolute atomic E-state index is 0.0211. The highest BCUT2D eigenvalue weighted by atomic mass is 16.3. The fourth-order valence-corrected chi connectivity index (χ4v) is 2.93. The summed E-state index contributed by atoms with van der Waals surface area (Å²) in [5, 5.41) is 10.1. The maximum atomic E-state index is 10.1. The van der Waals surface area contributed by atoms with Gasteiger partial charge in [-0.25, -0.2) is 0 Å². The molecule has 2 aliphatic rings. The molecule has 0 radical (unpaired) electrons. The molecule has 0 amide bonds. The zero-order chi connectivity index (χ0) is 9.97. The molecule has 2 fully saturated rings. The van der Waals surface area contributed by atoms with Crippen molar-refractivity contribution >= 4 is 0 Å². The van der Waals surface area contributed by atoms with Gasteiger partial charge in [0.15, 0.2) is 0 Å². The van der Waals surface area contributed by atoms with Crippen molar-refractivity contribution in [2.24, 2.45) is 17.8 Å². The third kappa shape index (κ3) is 2.50. The first-order chi connectivity index (χ1) is 6.75. The van der Waals surface area contributed by atoms with Crippen LogP contribution >= 0.6 is 0 Å². The van der Waals surface area contributed by atoms with Crippen LogP contribution in [0.15, 0.2) is 0 Å². The Morgan fingerprint density at radius 1 is 1.07 bits per heavy atom. The van der Waals surface area contributed by atoms with E-state index in [1.165, 1.54) is 44.9 Å². The van der Waals surface area contributed by atoms with Gasteiger partial charge >= 0.3 is 0 Å². The third-order valence-corrected chi connectivity index (χ3v) is 4.40. The molecule has 0 heterocycles. The highest BCUT2D eigenvalue weighted by Crippen LogP contribution is 2.36. The molecule has 0 spiro atoms. The number of aliphatic hydroxyl groups excluding tert-OH is 1. The molecule has 0 aromatic carbocycles. The van der Waals surface area contributed by atoms with Crippen molar-refractivity contribution < 1.29 is 5.11 Å². The molecule has 1 nitrogen and oxygen atoms in total. The predicted molar refractivity (Wildman–Crippen MR) is 59.1 cm³/mol. The quantitative estimate of drug-likeness (QED) is 0.734. The van der Waals surface area contributed by atoms with Gasteiger partial charge in [0.1, 0.15) is 0 Å². The van der Waals surface area contributed by atoms with Gasteiger partial charge in [-0.2, -0.15) is 0 Å². The summed E-state index contributed by atoms with van der Waals surface area (Å²) >= 11 is 0. The van der Waals surface area contributed by atoms with Crippen LogP contribution in [0.1, 0.15) is 58.3 Å². The van der Waals surface area contributed by atoms with Crippen molar-refractivity contribution in [1.82, 2.24) is 0 Å². The van der Waals surface area contributed by atoms with E-state index in [1.807, 2.05) is 0 Å². The lowest BCUT2D eigenvalue weighted by molar-refractivity contribution is 0.0427. The van der Waals surface area contributed by atoms with Crippen LogP contribution in [0.4, 0.5) is 0 Å².